The summed E-state index contributed by atoms with van der Waals surface area (Å²) in [5.74, 6) is 0.765. The number of carbonyl (C=O) groups is 2. The normalized spacial score (nSPS) is 15.7. The second-order valence-corrected chi connectivity index (χ2v) is 6.66. The molecular weight excluding hydrogens is 346 g/mol. The molecule has 0 atom stereocenters. The van der Waals surface area contributed by atoms with Gasteiger partial charge in [-0.1, -0.05) is 13.8 Å². The monoisotopic (exact) mass is 373 g/mol. The van der Waals surface area contributed by atoms with Crippen LogP contribution in [0.5, 0.6) is 11.5 Å². The number of rotatable bonds is 7. The third-order valence-corrected chi connectivity index (χ3v) is 4.28. The van der Waals surface area contributed by atoms with Crippen LogP contribution in [0.15, 0.2) is 35.0 Å². The van der Waals surface area contributed by atoms with Crippen LogP contribution in [0.25, 0.3) is 6.08 Å². The van der Waals surface area contributed by atoms with E-state index in [-0.39, 0.29) is 18.4 Å². The Morgan fingerprint density at radius 3 is 2.48 bits per heavy atom. The Bertz CT molecular complexity index is 792. The Kier molecular flexibility index (Phi) is 6.66. The maximum atomic E-state index is 13.0. The Morgan fingerprint density at radius 2 is 1.93 bits per heavy atom. The van der Waals surface area contributed by atoms with Crippen LogP contribution in [0.3, 0.4) is 0 Å². The van der Waals surface area contributed by atoms with Crippen LogP contribution in [0.4, 0.5) is 0 Å². The van der Waals surface area contributed by atoms with Gasteiger partial charge in [-0.05, 0) is 38.0 Å². The van der Waals surface area contributed by atoms with Crippen molar-refractivity contribution in [3.8, 4) is 11.5 Å². The standard InChI is InChI=1S/C21H27NO5/c1-7-27-21(24)19-14(4)22(12-13(2)3)20(23)17(19)10-15-8-9-16(25-5)11-18(15)26-6/h8-11,13H,7,12H2,1-6H3/b17-10-. The lowest BCUT2D eigenvalue weighted by Crippen LogP contribution is -2.28. The number of allylic oxidation sites excluding steroid dienone is 1. The summed E-state index contributed by atoms with van der Waals surface area (Å²) in [6.07, 6.45) is 1.68. The number of carbonyl (C=O) groups excluding carboxylic acids is 2. The van der Waals surface area contributed by atoms with Crippen molar-refractivity contribution in [1.29, 1.82) is 0 Å². The van der Waals surface area contributed by atoms with Crippen LogP contribution in [-0.2, 0) is 14.3 Å². The van der Waals surface area contributed by atoms with Gasteiger partial charge in [0.25, 0.3) is 5.91 Å². The number of ether oxygens (including phenoxy) is 3. The van der Waals surface area contributed by atoms with Crippen molar-refractivity contribution in [2.24, 2.45) is 5.92 Å². The Balaban J connectivity index is 2.56. The first-order valence-electron chi connectivity index (χ1n) is 8.97. The quantitative estimate of drug-likeness (QED) is 0.541. The highest BCUT2D eigenvalue weighted by molar-refractivity contribution is 6.16. The Morgan fingerprint density at radius 1 is 1.22 bits per heavy atom. The van der Waals surface area contributed by atoms with Gasteiger partial charge < -0.3 is 19.1 Å². The summed E-state index contributed by atoms with van der Waals surface area (Å²) < 4.78 is 15.8. The number of benzene rings is 1. The van der Waals surface area contributed by atoms with E-state index < -0.39 is 5.97 Å². The molecule has 0 saturated heterocycles. The third-order valence-electron chi connectivity index (χ3n) is 4.28. The molecule has 1 amide bonds. The molecule has 1 aliphatic heterocycles. The van der Waals surface area contributed by atoms with Crippen LogP contribution in [0.2, 0.25) is 0 Å². The lowest BCUT2D eigenvalue weighted by Gasteiger charge is -2.20. The molecule has 1 aromatic carbocycles. The maximum absolute atomic E-state index is 13.0. The van der Waals surface area contributed by atoms with Gasteiger partial charge in [0, 0.05) is 23.9 Å². The highest BCUT2D eigenvalue weighted by atomic mass is 16.5. The molecule has 1 heterocycles. The first-order valence-corrected chi connectivity index (χ1v) is 8.97. The fourth-order valence-corrected chi connectivity index (χ4v) is 3.01. The first kappa shape index (κ1) is 20.6. The lowest BCUT2D eigenvalue weighted by atomic mass is 10.0. The van der Waals surface area contributed by atoms with Crippen molar-refractivity contribution < 1.29 is 23.8 Å². The molecule has 1 aromatic rings. The highest BCUT2D eigenvalue weighted by Crippen LogP contribution is 2.34. The van der Waals surface area contributed by atoms with E-state index in [2.05, 4.69) is 0 Å². The fraction of sp³-hybridized carbons (Fsp3) is 0.429. The molecule has 6 nitrogen and oxygen atoms in total. The van der Waals surface area contributed by atoms with Gasteiger partial charge in [0.15, 0.2) is 0 Å². The predicted molar refractivity (Wildman–Crippen MR) is 103 cm³/mol. The largest absolute Gasteiger partial charge is 0.497 e. The van der Waals surface area contributed by atoms with Crippen LogP contribution in [0, 0.1) is 5.92 Å². The molecule has 146 valence electrons. The van der Waals surface area contributed by atoms with Crippen molar-refractivity contribution in [3.63, 3.8) is 0 Å². The van der Waals surface area contributed by atoms with E-state index in [9.17, 15) is 9.59 Å². The summed E-state index contributed by atoms with van der Waals surface area (Å²) in [7, 11) is 3.12. The van der Waals surface area contributed by atoms with Crippen LogP contribution >= 0.6 is 0 Å². The van der Waals surface area contributed by atoms with E-state index in [0.717, 1.165) is 0 Å². The van der Waals surface area contributed by atoms with Gasteiger partial charge in [-0.15, -0.1) is 0 Å². The van der Waals surface area contributed by atoms with E-state index in [0.29, 0.717) is 40.5 Å². The predicted octanol–water partition coefficient (Wildman–Crippen LogP) is 3.42. The first-order chi connectivity index (χ1) is 12.8. The molecule has 6 heteroatoms. The van der Waals surface area contributed by atoms with Crippen LogP contribution < -0.4 is 9.47 Å². The summed E-state index contributed by atoms with van der Waals surface area (Å²) in [5, 5.41) is 0. The van der Waals surface area contributed by atoms with Gasteiger partial charge in [-0.25, -0.2) is 4.79 Å². The zero-order valence-electron chi connectivity index (χ0n) is 16.8. The minimum Gasteiger partial charge on any atom is -0.497 e. The van der Waals surface area contributed by atoms with Crippen LogP contribution in [-0.4, -0.2) is 44.1 Å². The van der Waals surface area contributed by atoms with Gasteiger partial charge in [-0.3, -0.25) is 4.79 Å². The average Bonchev–Trinajstić information content (AvgIpc) is 2.86. The van der Waals surface area contributed by atoms with Crippen molar-refractivity contribution >= 4 is 18.0 Å². The summed E-state index contributed by atoms with van der Waals surface area (Å²) in [4.78, 5) is 27.2. The smallest absolute Gasteiger partial charge is 0.340 e. The number of amides is 1. The molecule has 0 bridgehead atoms. The molecule has 0 spiro atoms. The Hall–Kier alpha value is -2.76. The van der Waals surface area contributed by atoms with Crippen molar-refractivity contribution in [3.05, 3.63) is 40.6 Å². The summed E-state index contributed by atoms with van der Waals surface area (Å²) >= 11 is 0. The van der Waals surface area contributed by atoms with E-state index in [4.69, 9.17) is 14.2 Å². The topological polar surface area (TPSA) is 65.1 Å². The summed E-state index contributed by atoms with van der Waals surface area (Å²) in [6.45, 7) is 8.35. The van der Waals surface area contributed by atoms with E-state index in [1.165, 1.54) is 0 Å². The molecule has 0 unspecified atom stereocenters. The third kappa shape index (κ3) is 4.32. The second kappa shape index (κ2) is 8.75. The number of hydrogen-bond acceptors (Lipinski definition) is 5. The molecule has 0 N–H and O–H groups in total. The number of hydrogen-bond donors (Lipinski definition) is 0. The van der Waals surface area contributed by atoms with Gasteiger partial charge in [0.2, 0.25) is 0 Å². The fourth-order valence-electron chi connectivity index (χ4n) is 3.01. The number of esters is 1. The van der Waals surface area contributed by atoms with Crippen LogP contribution in [0.1, 0.15) is 33.3 Å². The van der Waals surface area contributed by atoms with Crippen molar-refractivity contribution in [1.82, 2.24) is 4.90 Å². The van der Waals surface area contributed by atoms with Gasteiger partial charge in [0.1, 0.15) is 11.5 Å². The molecule has 0 saturated carbocycles. The summed E-state index contributed by atoms with van der Waals surface area (Å²) in [6, 6.07) is 5.31. The van der Waals surface area contributed by atoms with Gasteiger partial charge >= 0.3 is 5.97 Å². The zero-order chi connectivity index (χ0) is 20.1. The van der Waals surface area contributed by atoms with E-state index in [1.807, 2.05) is 13.8 Å². The number of methoxy groups -OCH3 is 2. The lowest BCUT2D eigenvalue weighted by molar-refractivity contribution is -0.138. The minimum absolute atomic E-state index is 0.206. The Labute approximate surface area is 160 Å². The van der Waals surface area contributed by atoms with Gasteiger partial charge in [-0.2, -0.15) is 0 Å². The second-order valence-electron chi connectivity index (χ2n) is 6.66. The molecular formula is C21H27NO5. The average molecular weight is 373 g/mol. The van der Waals surface area contributed by atoms with Crippen molar-refractivity contribution in [2.45, 2.75) is 27.7 Å². The minimum atomic E-state index is -0.492. The molecule has 0 radical (unpaired) electrons. The molecule has 27 heavy (non-hydrogen) atoms. The summed E-state index contributed by atoms with van der Waals surface area (Å²) in [5.41, 5.74) is 1.92. The molecule has 0 aliphatic carbocycles. The molecule has 0 fully saturated rings. The molecule has 1 aliphatic rings. The number of nitrogens with zero attached hydrogens (tertiary/aromatic N) is 1. The highest BCUT2D eigenvalue weighted by Gasteiger charge is 2.37. The maximum Gasteiger partial charge on any atom is 0.340 e. The van der Waals surface area contributed by atoms with Gasteiger partial charge in [0.05, 0.1) is 32.0 Å². The van der Waals surface area contributed by atoms with Crippen molar-refractivity contribution in [2.75, 3.05) is 27.4 Å². The SMILES string of the molecule is CCOC(=O)C1=C(C)N(CC(C)C)C(=O)/C1=C\c1ccc(OC)cc1OC. The molecule has 2 rings (SSSR count). The zero-order valence-corrected chi connectivity index (χ0v) is 16.8. The molecule has 0 aromatic heterocycles. The van der Waals surface area contributed by atoms with E-state index >= 15 is 0 Å². The van der Waals surface area contributed by atoms with E-state index in [1.54, 1.807) is 57.2 Å².